The van der Waals surface area contributed by atoms with Gasteiger partial charge in [-0.2, -0.15) is 5.10 Å². The van der Waals surface area contributed by atoms with Crippen LogP contribution in [0.4, 0.5) is 5.82 Å². The Kier molecular flexibility index (Phi) is 3.42. The van der Waals surface area contributed by atoms with Gasteiger partial charge in [0.15, 0.2) is 0 Å². The van der Waals surface area contributed by atoms with Crippen molar-refractivity contribution < 1.29 is 4.74 Å². The molecule has 23 heavy (non-hydrogen) atoms. The number of rotatable bonds is 4. The molecule has 0 aliphatic carbocycles. The number of anilines is 1. The van der Waals surface area contributed by atoms with E-state index < -0.39 is 0 Å². The molecular weight excluding hydrogens is 290 g/mol. The van der Waals surface area contributed by atoms with Crippen LogP contribution in [0.5, 0.6) is 5.75 Å². The van der Waals surface area contributed by atoms with Gasteiger partial charge < -0.3 is 10.1 Å². The second kappa shape index (κ2) is 5.72. The van der Waals surface area contributed by atoms with Gasteiger partial charge in [0, 0.05) is 24.5 Å². The number of fused-ring (bicyclic) bond motifs is 1. The van der Waals surface area contributed by atoms with Crippen LogP contribution in [-0.4, -0.2) is 32.9 Å². The maximum absolute atomic E-state index is 5.75. The van der Waals surface area contributed by atoms with Crippen LogP contribution in [0, 0.1) is 0 Å². The van der Waals surface area contributed by atoms with Crippen LogP contribution >= 0.6 is 0 Å². The van der Waals surface area contributed by atoms with Crippen LogP contribution in [-0.2, 0) is 6.42 Å². The SMILES string of the molecule is CCOc1ccccc1-n1nc(-c2cnccn2)c2c1NCC2. The van der Waals surface area contributed by atoms with Crippen molar-refractivity contribution in [3.05, 3.63) is 48.4 Å². The van der Waals surface area contributed by atoms with E-state index in [1.807, 2.05) is 35.9 Å². The van der Waals surface area contributed by atoms with E-state index in [1.54, 1.807) is 18.6 Å². The third-order valence-electron chi connectivity index (χ3n) is 3.85. The van der Waals surface area contributed by atoms with E-state index in [1.165, 1.54) is 5.56 Å². The zero-order chi connectivity index (χ0) is 15.6. The second-order valence-corrected chi connectivity index (χ2v) is 5.26. The molecule has 0 radical (unpaired) electrons. The van der Waals surface area contributed by atoms with Crippen LogP contribution in [0.25, 0.3) is 17.1 Å². The lowest BCUT2D eigenvalue weighted by Gasteiger charge is -2.12. The van der Waals surface area contributed by atoms with Gasteiger partial charge in [0.05, 0.1) is 12.8 Å². The number of benzene rings is 1. The maximum atomic E-state index is 5.75. The van der Waals surface area contributed by atoms with Crippen LogP contribution in [0.1, 0.15) is 12.5 Å². The first-order chi connectivity index (χ1) is 11.4. The molecule has 0 saturated heterocycles. The zero-order valence-corrected chi connectivity index (χ0v) is 12.9. The number of ether oxygens (including phenoxy) is 1. The van der Waals surface area contributed by atoms with Gasteiger partial charge in [-0.1, -0.05) is 12.1 Å². The third kappa shape index (κ3) is 2.32. The molecule has 0 bridgehead atoms. The first-order valence-corrected chi connectivity index (χ1v) is 7.73. The summed E-state index contributed by atoms with van der Waals surface area (Å²) in [7, 11) is 0. The Morgan fingerprint density at radius 3 is 3.00 bits per heavy atom. The van der Waals surface area contributed by atoms with Crippen molar-refractivity contribution >= 4 is 5.82 Å². The van der Waals surface area contributed by atoms with Crippen molar-refractivity contribution in [3.8, 4) is 22.8 Å². The van der Waals surface area contributed by atoms with E-state index in [-0.39, 0.29) is 0 Å². The molecule has 0 amide bonds. The molecule has 1 aliphatic heterocycles. The van der Waals surface area contributed by atoms with E-state index >= 15 is 0 Å². The highest BCUT2D eigenvalue weighted by atomic mass is 16.5. The Balaban J connectivity index is 1.88. The highest BCUT2D eigenvalue weighted by Crippen LogP contribution is 2.35. The summed E-state index contributed by atoms with van der Waals surface area (Å²) >= 11 is 0. The van der Waals surface area contributed by atoms with Crippen LogP contribution < -0.4 is 10.1 Å². The summed E-state index contributed by atoms with van der Waals surface area (Å²) in [6.45, 7) is 3.50. The predicted octanol–water partition coefficient (Wildman–Crippen LogP) is 2.70. The van der Waals surface area contributed by atoms with E-state index in [9.17, 15) is 0 Å². The second-order valence-electron chi connectivity index (χ2n) is 5.26. The average Bonchev–Trinajstić information content (AvgIpc) is 3.19. The zero-order valence-electron chi connectivity index (χ0n) is 12.9. The highest BCUT2D eigenvalue weighted by molar-refractivity contribution is 5.71. The fourth-order valence-electron chi connectivity index (χ4n) is 2.89. The summed E-state index contributed by atoms with van der Waals surface area (Å²) in [5, 5.41) is 8.21. The van der Waals surface area contributed by atoms with E-state index in [2.05, 4.69) is 15.3 Å². The molecule has 4 rings (SSSR count). The van der Waals surface area contributed by atoms with Crippen molar-refractivity contribution in [2.75, 3.05) is 18.5 Å². The van der Waals surface area contributed by atoms with Crippen molar-refractivity contribution in [1.29, 1.82) is 0 Å². The van der Waals surface area contributed by atoms with Gasteiger partial charge in [-0.3, -0.25) is 9.97 Å². The van der Waals surface area contributed by atoms with Crippen LogP contribution in [0.3, 0.4) is 0 Å². The van der Waals surface area contributed by atoms with E-state index in [4.69, 9.17) is 9.84 Å². The Hall–Kier alpha value is -2.89. The number of nitrogens with one attached hydrogen (secondary N) is 1. The molecule has 6 nitrogen and oxygen atoms in total. The third-order valence-corrected chi connectivity index (χ3v) is 3.85. The van der Waals surface area contributed by atoms with Crippen LogP contribution in [0.15, 0.2) is 42.9 Å². The molecule has 1 N–H and O–H groups in total. The van der Waals surface area contributed by atoms with Crippen LogP contribution in [0.2, 0.25) is 0 Å². The normalized spacial score (nSPS) is 12.7. The Bertz CT molecular complexity index is 828. The molecule has 3 aromatic rings. The molecule has 0 spiro atoms. The Morgan fingerprint density at radius 2 is 2.17 bits per heavy atom. The summed E-state index contributed by atoms with van der Waals surface area (Å²) in [4.78, 5) is 8.55. The average molecular weight is 307 g/mol. The van der Waals surface area contributed by atoms with Gasteiger partial charge in [0.1, 0.15) is 28.6 Å². The van der Waals surface area contributed by atoms with Crippen molar-refractivity contribution in [2.45, 2.75) is 13.3 Å². The molecule has 1 aromatic carbocycles. The fourth-order valence-corrected chi connectivity index (χ4v) is 2.89. The monoisotopic (exact) mass is 307 g/mol. The summed E-state index contributed by atoms with van der Waals surface area (Å²) in [6, 6.07) is 7.93. The number of nitrogens with zero attached hydrogens (tertiary/aromatic N) is 4. The predicted molar refractivity (Wildman–Crippen MR) is 88.0 cm³/mol. The van der Waals surface area contributed by atoms with Crippen molar-refractivity contribution in [3.63, 3.8) is 0 Å². The molecule has 0 fully saturated rings. The minimum Gasteiger partial charge on any atom is -0.492 e. The Morgan fingerprint density at radius 1 is 1.26 bits per heavy atom. The maximum Gasteiger partial charge on any atom is 0.145 e. The lowest BCUT2D eigenvalue weighted by molar-refractivity contribution is 0.338. The molecule has 116 valence electrons. The molecule has 1 aliphatic rings. The highest BCUT2D eigenvalue weighted by Gasteiger charge is 2.25. The first-order valence-electron chi connectivity index (χ1n) is 7.73. The quantitative estimate of drug-likeness (QED) is 0.803. The van der Waals surface area contributed by atoms with E-state index in [0.29, 0.717) is 6.61 Å². The molecule has 3 heterocycles. The minimum atomic E-state index is 0.616. The standard InChI is InChI=1S/C17H17N5O/c1-2-23-15-6-4-3-5-14(15)22-17-12(7-8-20-17)16(21-22)13-11-18-9-10-19-13/h3-6,9-11,20H,2,7-8H2,1H3. The van der Waals surface area contributed by atoms with Crippen molar-refractivity contribution in [2.24, 2.45) is 0 Å². The number of para-hydroxylation sites is 2. The van der Waals surface area contributed by atoms with E-state index in [0.717, 1.165) is 41.6 Å². The smallest absolute Gasteiger partial charge is 0.145 e. The van der Waals surface area contributed by atoms with Gasteiger partial charge in [0.25, 0.3) is 0 Å². The van der Waals surface area contributed by atoms with Gasteiger partial charge in [-0.15, -0.1) is 0 Å². The summed E-state index contributed by atoms with van der Waals surface area (Å²) in [5.41, 5.74) is 3.77. The van der Waals surface area contributed by atoms with Gasteiger partial charge in [0.2, 0.25) is 0 Å². The first kappa shape index (κ1) is 13.8. The topological polar surface area (TPSA) is 64.9 Å². The molecule has 0 unspecified atom stereocenters. The lowest BCUT2D eigenvalue weighted by atomic mass is 10.1. The number of aromatic nitrogens is 4. The largest absolute Gasteiger partial charge is 0.492 e. The van der Waals surface area contributed by atoms with Gasteiger partial charge >= 0.3 is 0 Å². The summed E-state index contributed by atoms with van der Waals surface area (Å²) < 4.78 is 7.66. The van der Waals surface area contributed by atoms with Gasteiger partial charge in [-0.25, -0.2) is 4.68 Å². The number of hydrogen-bond donors (Lipinski definition) is 1. The van der Waals surface area contributed by atoms with Gasteiger partial charge in [-0.05, 0) is 25.5 Å². The summed E-state index contributed by atoms with van der Waals surface area (Å²) in [5.74, 6) is 1.83. The fraction of sp³-hybridized carbons (Fsp3) is 0.235. The minimum absolute atomic E-state index is 0.616. The molecule has 2 aromatic heterocycles. The molecule has 0 atom stereocenters. The Labute approximate surface area is 134 Å². The lowest BCUT2D eigenvalue weighted by Crippen LogP contribution is -2.06. The molecular formula is C17H17N5O. The number of hydrogen-bond acceptors (Lipinski definition) is 5. The van der Waals surface area contributed by atoms with Crippen molar-refractivity contribution in [1.82, 2.24) is 19.7 Å². The molecule has 6 heteroatoms. The molecule has 0 saturated carbocycles. The summed E-state index contributed by atoms with van der Waals surface area (Å²) in [6.07, 6.45) is 6.04.